The van der Waals surface area contributed by atoms with Crippen LogP contribution in [0.15, 0.2) is 54.0 Å². The van der Waals surface area contributed by atoms with Crippen LogP contribution in [0.1, 0.15) is 18.9 Å². The zero-order valence-electron chi connectivity index (χ0n) is 15.6. The van der Waals surface area contributed by atoms with Crippen LogP contribution in [0.3, 0.4) is 0 Å². The van der Waals surface area contributed by atoms with Crippen molar-refractivity contribution in [1.29, 1.82) is 0 Å². The molecule has 1 N–H and O–H groups in total. The van der Waals surface area contributed by atoms with E-state index in [1.54, 1.807) is 6.20 Å². The Kier molecular flexibility index (Phi) is 7.07. The molecule has 3 rings (SSSR count). The molecule has 0 spiro atoms. The first-order valence-electron chi connectivity index (χ1n) is 9.46. The van der Waals surface area contributed by atoms with E-state index in [1.165, 1.54) is 5.56 Å². The molecule has 0 amide bonds. The molecule has 6 nitrogen and oxygen atoms in total. The Morgan fingerprint density at radius 3 is 3.00 bits per heavy atom. The SMILES string of the molecule is CCNC(=NCCn1ccnc1)N1CCC(COCc2ccccc2)C1. The quantitative estimate of drug-likeness (QED) is 0.583. The van der Waals surface area contributed by atoms with E-state index >= 15 is 0 Å². The van der Waals surface area contributed by atoms with Gasteiger partial charge in [-0.25, -0.2) is 4.98 Å². The number of ether oxygens (including phenoxy) is 1. The molecular weight excluding hydrogens is 326 g/mol. The molecule has 1 aliphatic rings. The van der Waals surface area contributed by atoms with Crippen molar-refractivity contribution in [2.75, 3.05) is 32.8 Å². The molecule has 1 saturated heterocycles. The monoisotopic (exact) mass is 355 g/mol. The molecule has 0 radical (unpaired) electrons. The van der Waals surface area contributed by atoms with E-state index in [2.05, 4.69) is 51.0 Å². The average molecular weight is 355 g/mol. The topological polar surface area (TPSA) is 54.7 Å². The molecule has 140 valence electrons. The van der Waals surface area contributed by atoms with E-state index in [0.717, 1.165) is 51.7 Å². The first-order valence-corrected chi connectivity index (χ1v) is 9.46. The maximum atomic E-state index is 5.92. The van der Waals surface area contributed by atoms with Crippen molar-refractivity contribution in [3.05, 3.63) is 54.6 Å². The zero-order chi connectivity index (χ0) is 18.0. The molecule has 1 aromatic heterocycles. The second-order valence-electron chi connectivity index (χ2n) is 6.64. The lowest BCUT2D eigenvalue weighted by Gasteiger charge is -2.21. The van der Waals surface area contributed by atoms with Crippen LogP contribution in [0.5, 0.6) is 0 Å². The number of likely N-dealkylation sites (tertiary alicyclic amines) is 1. The smallest absolute Gasteiger partial charge is 0.193 e. The van der Waals surface area contributed by atoms with Crippen LogP contribution >= 0.6 is 0 Å². The molecule has 1 unspecified atom stereocenters. The molecule has 1 aromatic carbocycles. The summed E-state index contributed by atoms with van der Waals surface area (Å²) < 4.78 is 7.98. The first kappa shape index (κ1) is 18.5. The van der Waals surface area contributed by atoms with Gasteiger partial charge in [0.2, 0.25) is 0 Å². The van der Waals surface area contributed by atoms with E-state index in [1.807, 2.05) is 18.6 Å². The average Bonchev–Trinajstić information content (AvgIpc) is 3.34. The minimum absolute atomic E-state index is 0.566. The fraction of sp³-hybridized carbons (Fsp3) is 0.500. The van der Waals surface area contributed by atoms with Gasteiger partial charge in [0.15, 0.2) is 5.96 Å². The van der Waals surface area contributed by atoms with Gasteiger partial charge in [-0.3, -0.25) is 4.99 Å². The summed E-state index contributed by atoms with van der Waals surface area (Å²) in [7, 11) is 0. The van der Waals surface area contributed by atoms with Gasteiger partial charge in [0.05, 0.1) is 26.1 Å². The van der Waals surface area contributed by atoms with E-state index in [0.29, 0.717) is 12.5 Å². The van der Waals surface area contributed by atoms with Crippen molar-refractivity contribution >= 4 is 5.96 Å². The van der Waals surface area contributed by atoms with Crippen LogP contribution in [-0.4, -0.2) is 53.2 Å². The normalized spacial score (nSPS) is 17.7. The summed E-state index contributed by atoms with van der Waals surface area (Å²) in [6.45, 7) is 8.15. The number of rotatable bonds is 8. The summed E-state index contributed by atoms with van der Waals surface area (Å²) in [5, 5.41) is 3.42. The minimum Gasteiger partial charge on any atom is -0.376 e. The highest BCUT2D eigenvalue weighted by molar-refractivity contribution is 5.80. The second-order valence-corrected chi connectivity index (χ2v) is 6.64. The molecule has 26 heavy (non-hydrogen) atoms. The number of guanidine groups is 1. The van der Waals surface area contributed by atoms with E-state index in [-0.39, 0.29) is 0 Å². The summed E-state index contributed by atoms with van der Waals surface area (Å²) in [5.74, 6) is 1.58. The van der Waals surface area contributed by atoms with E-state index < -0.39 is 0 Å². The lowest BCUT2D eigenvalue weighted by molar-refractivity contribution is 0.0907. The van der Waals surface area contributed by atoms with Crippen LogP contribution in [-0.2, 0) is 17.9 Å². The number of imidazole rings is 1. The van der Waals surface area contributed by atoms with Crippen molar-refractivity contribution in [2.24, 2.45) is 10.9 Å². The fourth-order valence-corrected chi connectivity index (χ4v) is 3.19. The minimum atomic E-state index is 0.566. The molecule has 2 heterocycles. The van der Waals surface area contributed by atoms with Crippen LogP contribution in [0.25, 0.3) is 0 Å². The summed E-state index contributed by atoms with van der Waals surface area (Å²) in [6, 6.07) is 10.4. The van der Waals surface area contributed by atoms with E-state index in [4.69, 9.17) is 9.73 Å². The first-order chi connectivity index (χ1) is 12.8. The van der Waals surface area contributed by atoms with Crippen LogP contribution in [0, 0.1) is 5.92 Å². The number of hydrogen-bond acceptors (Lipinski definition) is 3. The lowest BCUT2D eigenvalue weighted by atomic mass is 10.1. The van der Waals surface area contributed by atoms with Crippen molar-refractivity contribution < 1.29 is 4.74 Å². The van der Waals surface area contributed by atoms with E-state index in [9.17, 15) is 0 Å². The van der Waals surface area contributed by atoms with Crippen molar-refractivity contribution in [2.45, 2.75) is 26.5 Å². The van der Waals surface area contributed by atoms with Gasteiger partial charge < -0.3 is 19.5 Å². The summed E-state index contributed by atoms with van der Waals surface area (Å²) in [4.78, 5) is 11.2. The van der Waals surface area contributed by atoms with Gasteiger partial charge in [-0.2, -0.15) is 0 Å². The number of nitrogens with one attached hydrogen (secondary N) is 1. The highest BCUT2D eigenvalue weighted by Crippen LogP contribution is 2.17. The van der Waals surface area contributed by atoms with Gasteiger partial charge in [0.1, 0.15) is 0 Å². The fourth-order valence-electron chi connectivity index (χ4n) is 3.19. The Bertz CT molecular complexity index is 656. The third-order valence-electron chi connectivity index (χ3n) is 4.56. The van der Waals surface area contributed by atoms with Gasteiger partial charge in [0.25, 0.3) is 0 Å². The van der Waals surface area contributed by atoms with Gasteiger partial charge in [-0.05, 0) is 18.9 Å². The largest absolute Gasteiger partial charge is 0.376 e. The van der Waals surface area contributed by atoms with Crippen LogP contribution in [0.4, 0.5) is 0 Å². The number of nitrogens with zero attached hydrogens (tertiary/aromatic N) is 4. The maximum absolute atomic E-state index is 5.92. The zero-order valence-corrected chi connectivity index (χ0v) is 15.6. The number of aromatic nitrogens is 2. The van der Waals surface area contributed by atoms with Crippen LogP contribution in [0.2, 0.25) is 0 Å². The molecule has 1 atom stereocenters. The molecule has 2 aromatic rings. The Morgan fingerprint density at radius 1 is 1.35 bits per heavy atom. The molecule has 0 aliphatic carbocycles. The predicted octanol–water partition coefficient (Wildman–Crippen LogP) is 2.39. The third-order valence-corrected chi connectivity index (χ3v) is 4.56. The number of benzene rings is 1. The van der Waals surface area contributed by atoms with Crippen molar-refractivity contribution in [3.63, 3.8) is 0 Å². The molecule has 1 aliphatic heterocycles. The Morgan fingerprint density at radius 2 is 2.23 bits per heavy atom. The van der Waals surface area contributed by atoms with Gasteiger partial charge in [-0.15, -0.1) is 0 Å². The number of aliphatic imine (C=N–C) groups is 1. The van der Waals surface area contributed by atoms with Crippen molar-refractivity contribution in [1.82, 2.24) is 19.8 Å². The number of hydrogen-bond donors (Lipinski definition) is 1. The highest BCUT2D eigenvalue weighted by Gasteiger charge is 2.24. The van der Waals surface area contributed by atoms with Gasteiger partial charge in [-0.1, -0.05) is 30.3 Å². The Hall–Kier alpha value is -2.34. The third kappa shape index (κ3) is 5.59. The molecule has 0 saturated carbocycles. The Balaban J connectivity index is 1.43. The maximum Gasteiger partial charge on any atom is 0.193 e. The van der Waals surface area contributed by atoms with Gasteiger partial charge >= 0.3 is 0 Å². The second kappa shape index (κ2) is 9.97. The van der Waals surface area contributed by atoms with Gasteiger partial charge in [0, 0.05) is 44.5 Å². The highest BCUT2D eigenvalue weighted by atomic mass is 16.5. The molecule has 1 fully saturated rings. The lowest BCUT2D eigenvalue weighted by Crippen LogP contribution is -2.40. The molecular formula is C20H29N5O. The Labute approximate surface area is 155 Å². The predicted molar refractivity (Wildman–Crippen MR) is 104 cm³/mol. The standard InChI is InChI=1S/C20H29N5O/c1-2-22-20(23-10-13-24-12-9-21-17-24)25-11-8-19(14-25)16-26-15-18-6-4-3-5-7-18/h3-7,9,12,17,19H,2,8,10-11,13-16H2,1H3,(H,22,23). The summed E-state index contributed by atoms with van der Waals surface area (Å²) >= 11 is 0. The van der Waals surface area contributed by atoms with Crippen molar-refractivity contribution in [3.8, 4) is 0 Å². The summed E-state index contributed by atoms with van der Waals surface area (Å²) in [5.41, 5.74) is 1.23. The van der Waals surface area contributed by atoms with Crippen LogP contribution < -0.4 is 5.32 Å². The summed E-state index contributed by atoms with van der Waals surface area (Å²) in [6.07, 6.45) is 6.76. The molecule has 6 heteroatoms. The molecule has 0 bridgehead atoms.